The van der Waals surface area contributed by atoms with Crippen molar-refractivity contribution in [3.8, 4) is 0 Å². The summed E-state index contributed by atoms with van der Waals surface area (Å²) >= 11 is 0. The number of hydrogen-bond donors (Lipinski definition) is 1. The van der Waals surface area contributed by atoms with E-state index in [0.717, 1.165) is 5.56 Å². The minimum atomic E-state index is -1.04. The van der Waals surface area contributed by atoms with Crippen LogP contribution in [0.2, 0.25) is 0 Å². The summed E-state index contributed by atoms with van der Waals surface area (Å²) in [6.07, 6.45) is 0. The third-order valence-electron chi connectivity index (χ3n) is 2.41. The zero-order chi connectivity index (χ0) is 10.8. The normalized spacial score (nSPS) is 12.5. The molecule has 1 N–H and O–H groups in total. The molecular weight excluding hydrogens is 176 g/mol. The molecule has 0 heterocycles. The molecule has 0 saturated carbocycles. The molecule has 0 aromatic heterocycles. The van der Waals surface area contributed by atoms with E-state index in [1.165, 1.54) is 0 Å². The molecule has 3 heteroatoms. The van der Waals surface area contributed by atoms with E-state index >= 15 is 0 Å². The Balaban J connectivity index is 3.13. The highest BCUT2D eigenvalue weighted by atomic mass is 16.3. The molecule has 1 aromatic carbocycles. The zero-order valence-corrected chi connectivity index (χ0v) is 9.23. The van der Waals surface area contributed by atoms with E-state index in [4.69, 9.17) is 0 Å². The first kappa shape index (κ1) is 11.2. The van der Waals surface area contributed by atoms with Crippen LogP contribution < -0.4 is 0 Å². The van der Waals surface area contributed by atoms with Gasteiger partial charge in [-0.25, -0.2) is 0 Å². The quantitative estimate of drug-likeness (QED) is 0.725. The predicted molar refractivity (Wildman–Crippen MR) is 57.7 cm³/mol. The van der Waals surface area contributed by atoms with E-state index in [-0.39, 0.29) is 0 Å². The van der Waals surface area contributed by atoms with Crippen LogP contribution in [0.25, 0.3) is 0 Å². The third-order valence-corrected chi connectivity index (χ3v) is 2.41. The average Bonchev–Trinajstić information content (AvgIpc) is 2.17. The molecule has 78 valence electrons. The van der Waals surface area contributed by atoms with Crippen molar-refractivity contribution in [2.45, 2.75) is 5.85 Å². The molecule has 3 nitrogen and oxygen atoms in total. The van der Waals surface area contributed by atoms with Crippen LogP contribution >= 0.6 is 0 Å². The van der Waals surface area contributed by atoms with Crippen molar-refractivity contribution in [3.63, 3.8) is 0 Å². The fourth-order valence-corrected chi connectivity index (χ4v) is 1.58. The monoisotopic (exact) mass is 194 g/mol. The summed E-state index contributed by atoms with van der Waals surface area (Å²) in [5.41, 5.74) is 0.870. The lowest BCUT2D eigenvalue weighted by molar-refractivity contribution is -0.190. The van der Waals surface area contributed by atoms with Gasteiger partial charge < -0.3 is 5.11 Å². The van der Waals surface area contributed by atoms with E-state index in [9.17, 15) is 5.11 Å². The van der Waals surface area contributed by atoms with E-state index in [1.54, 1.807) is 9.80 Å². The predicted octanol–water partition coefficient (Wildman–Crippen LogP) is 0.912. The lowest BCUT2D eigenvalue weighted by Crippen LogP contribution is -2.52. The van der Waals surface area contributed by atoms with Gasteiger partial charge in [0.2, 0.25) is 5.85 Å². The summed E-state index contributed by atoms with van der Waals surface area (Å²) in [6, 6.07) is 9.62. The first-order valence-corrected chi connectivity index (χ1v) is 4.62. The highest BCUT2D eigenvalue weighted by Crippen LogP contribution is 2.24. The summed E-state index contributed by atoms with van der Waals surface area (Å²) in [6.45, 7) is 0. The first-order chi connectivity index (χ1) is 6.49. The third kappa shape index (κ3) is 1.80. The highest BCUT2D eigenvalue weighted by molar-refractivity contribution is 5.20. The number of aliphatic hydroxyl groups is 1. The maximum Gasteiger partial charge on any atom is 0.203 e. The van der Waals surface area contributed by atoms with Crippen LogP contribution in [0.5, 0.6) is 0 Å². The number of hydrogen-bond acceptors (Lipinski definition) is 3. The Morgan fingerprint density at radius 3 is 1.71 bits per heavy atom. The molecule has 0 fully saturated rings. The summed E-state index contributed by atoms with van der Waals surface area (Å²) in [7, 11) is 7.42. The van der Waals surface area contributed by atoms with E-state index in [1.807, 2.05) is 58.5 Å². The molecule has 1 rings (SSSR count). The van der Waals surface area contributed by atoms with Crippen molar-refractivity contribution in [1.82, 2.24) is 9.80 Å². The molecule has 0 saturated heterocycles. The molecule has 0 radical (unpaired) electrons. The second-order valence-electron chi connectivity index (χ2n) is 3.79. The Morgan fingerprint density at radius 1 is 0.929 bits per heavy atom. The molecule has 0 amide bonds. The van der Waals surface area contributed by atoms with Gasteiger partial charge in [-0.2, -0.15) is 0 Å². The topological polar surface area (TPSA) is 26.7 Å². The Bertz CT molecular complexity index is 275. The fraction of sp³-hybridized carbons (Fsp3) is 0.455. The smallest absolute Gasteiger partial charge is 0.203 e. The van der Waals surface area contributed by atoms with Crippen molar-refractivity contribution in [3.05, 3.63) is 35.9 Å². The van der Waals surface area contributed by atoms with Gasteiger partial charge in [0.1, 0.15) is 0 Å². The zero-order valence-electron chi connectivity index (χ0n) is 9.23. The standard InChI is InChI=1S/C11H18N2O/c1-12(2)11(14,13(3)4)10-8-6-5-7-9-10/h5-9,14H,1-4H3. The number of nitrogens with zero attached hydrogens (tertiary/aromatic N) is 2. The number of rotatable bonds is 3. The van der Waals surface area contributed by atoms with Gasteiger partial charge in [0.25, 0.3) is 0 Å². The largest absolute Gasteiger partial charge is 0.359 e. The summed E-state index contributed by atoms with van der Waals surface area (Å²) in [4.78, 5) is 3.56. The molecule has 0 aliphatic carbocycles. The van der Waals surface area contributed by atoms with Crippen LogP contribution in [0.4, 0.5) is 0 Å². The van der Waals surface area contributed by atoms with Crippen LogP contribution in [0, 0.1) is 0 Å². The molecule has 0 aliphatic rings. The van der Waals surface area contributed by atoms with E-state index < -0.39 is 5.85 Å². The van der Waals surface area contributed by atoms with Gasteiger partial charge in [0.15, 0.2) is 0 Å². The van der Waals surface area contributed by atoms with Crippen LogP contribution in [0.3, 0.4) is 0 Å². The maximum absolute atomic E-state index is 10.5. The second-order valence-corrected chi connectivity index (χ2v) is 3.79. The van der Waals surface area contributed by atoms with E-state index in [0.29, 0.717) is 0 Å². The van der Waals surface area contributed by atoms with Crippen molar-refractivity contribution in [1.29, 1.82) is 0 Å². The van der Waals surface area contributed by atoms with Gasteiger partial charge in [-0.05, 0) is 28.2 Å². The van der Waals surface area contributed by atoms with Crippen LogP contribution in [0.1, 0.15) is 5.56 Å². The second kappa shape index (κ2) is 4.09. The Hall–Kier alpha value is -0.900. The van der Waals surface area contributed by atoms with Crippen LogP contribution in [-0.2, 0) is 5.85 Å². The average molecular weight is 194 g/mol. The fourth-order valence-electron chi connectivity index (χ4n) is 1.58. The first-order valence-electron chi connectivity index (χ1n) is 4.62. The van der Waals surface area contributed by atoms with Crippen LogP contribution in [-0.4, -0.2) is 43.1 Å². The van der Waals surface area contributed by atoms with Gasteiger partial charge in [0.05, 0.1) is 0 Å². The summed E-state index contributed by atoms with van der Waals surface area (Å²) in [5, 5.41) is 10.5. The van der Waals surface area contributed by atoms with Crippen molar-refractivity contribution < 1.29 is 5.11 Å². The maximum atomic E-state index is 10.5. The SMILES string of the molecule is CN(C)C(O)(c1ccccc1)N(C)C. The minimum absolute atomic E-state index is 0.870. The van der Waals surface area contributed by atoms with Crippen LogP contribution in [0.15, 0.2) is 30.3 Å². The Morgan fingerprint density at radius 2 is 1.36 bits per heavy atom. The number of benzene rings is 1. The molecular formula is C11H18N2O. The highest BCUT2D eigenvalue weighted by Gasteiger charge is 2.34. The molecule has 14 heavy (non-hydrogen) atoms. The van der Waals surface area contributed by atoms with Gasteiger partial charge in [-0.1, -0.05) is 30.3 Å². The van der Waals surface area contributed by atoms with Crippen molar-refractivity contribution in [2.24, 2.45) is 0 Å². The molecule has 0 bridgehead atoms. The van der Waals surface area contributed by atoms with E-state index in [2.05, 4.69) is 0 Å². The Kier molecular flexibility index (Phi) is 3.26. The van der Waals surface area contributed by atoms with Gasteiger partial charge >= 0.3 is 0 Å². The molecule has 0 unspecified atom stereocenters. The van der Waals surface area contributed by atoms with Gasteiger partial charge in [-0.15, -0.1) is 0 Å². The summed E-state index contributed by atoms with van der Waals surface area (Å²) in [5.74, 6) is -1.04. The van der Waals surface area contributed by atoms with Gasteiger partial charge in [0, 0.05) is 5.56 Å². The Labute approximate surface area is 85.6 Å². The lowest BCUT2D eigenvalue weighted by atomic mass is 10.1. The molecule has 0 atom stereocenters. The summed E-state index contributed by atoms with van der Waals surface area (Å²) < 4.78 is 0. The molecule has 1 aromatic rings. The molecule has 0 spiro atoms. The van der Waals surface area contributed by atoms with Gasteiger partial charge in [-0.3, -0.25) is 9.80 Å². The molecule has 0 aliphatic heterocycles. The van der Waals surface area contributed by atoms with Crippen molar-refractivity contribution >= 4 is 0 Å². The minimum Gasteiger partial charge on any atom is -0.359 e. The lowest BCUT2D eigenvalue weighted by Gasteiger charge is -2.40. The van der Waals surface area contributed by atoms with Crippen molar-refractivity contribution in [2.75, 3.05) is 28.2 Å².